The third kappa shape index (κ3) is 1.03. The number of halogens is 1. The molecular weight excluding hydrogens is 202 g/mol. The van der Waals surface area contributed by atoms with Crippen LogP contribution >= 0.6 is 22.9 Å². The summed E-state index contributed by atoms with van der Waals surface area (Å²) in [5.41, 5.74) is 2.91. The number of hydrogen-bond donors (Lipinski definition) is 1. The van der Waals surface area contributed by atoms with E-state index < -0.39 is 0 Å². The summed E-state index contributed by atoms with van der Waals surface area (Å²) >= 11 is 7.94. The molecule has 0 bridgehead atoms. The van der Waals surface area contributed by atoms with Crippen molar-refractivity contribution in [3.05, 3.63) is 20.3 Å². The maximum atomic E-state index is 6.14. The molecule has 2 unspecified atom stereocenters. The lowest BCUT2D eigenvalue weighted by Crippen LogP contribution is -2.10. The number of nitrogens with one attached hydrogen (secondary N) is 1. The molecule has 0 saturated carbocycles. The second-order valence-electron chi connectivity index (χ2n) is 4.07. The molecule has 1 aromatic heterocycles. The molecule has 70 valence electrons. The second-order valence-corrected chi connectivity index (χ2v) is 5.73. The highest BCUT2D eigenvalue weighted by Crippen LogP contribution is 2.48. The first kappa shape index (κ1) is 8.27. The van der Waals surface area contributed by atoms with Crippen LogP contribution in [-0.2, 0) is 6.42 Å². The summed E-state index contributed by atoms with van der Waals surface area (Å²) in [5, 5.41) is 3.46. The molecule has 1 aliphatic heterocycles. The zero-order chi connectivity index (χ0) is 9.00. The zero-order valence-electron chi connectivity index (χ0n) is 7.56. The number of hydrogen-bond acceptors (Lipinski definition) is 2. The van der Waals surface area contributed by atoms with Gasteiger partial charge in [-0.15, -0.1) is 11.3 Å². The topological polar surface area (TPSA) is 12.0 Å². The van der Waals surface area contributed by atoms with Gasteiger partial charge in [-0.05, 0) is 36.9 Å². The minimum absolute atomic E-state index is 0.770. The number of rotatable bonds is 0. The van der Waals surface area contributed by atoms with Crippen LogP contribution in [-0.4, -0.2) is 13.1 Å². The highest BCUT2D eigenvalue weighted by Gasteiger charge is 2.38. The predicted octanol–water partition coefficient (Wildman–Crippen LogP) is 2.57. The van der Waals surface area contributed by atoms with Crippen molar-refractivity contribution in [1.29, 1.82) is 0 Å². The van der Waals surface area contributed by atoms with Gasteiger partial charge in [-0.1, -0.05) is 11.6 Å². The van der Waals surface area contributed by atoms with E-state index in [1.807, 2.05) is 0 Å². The summed E-state index contributed by atoms with van der Waals surface area (Å²) in [6.45, 7) is 4.52. The number of fused-ring (bicyclic) bond motifs is 3. The van der Waals surface area contributed by atoms with E-state index in [-0.39, 0.29) is 0 Å². The van der Waals surface area contributed by atoms with Crippen molar-refractivity contribution < 1.29 is 0 Å². The van der Waals surface area contributed by atoms with E-state index in [0.29, 0.717) is 0 Å². The average Bonchev–Trinajstić information content (AvgIpc) is 2.70. The van der Waals surface area contributed by atoms with Crippen LogP contribution in [0.1, 0.15) is 21.9 Å². The van der Waals surface area contributed by atoms with Crippen molar-refractivity contribution in [3.63, 3.8) is 0 Å². The standard InChI is InChI=1S/C10H12ClNS/c1-5-7-2-6-3-12-4-8(6)9(7)13-10(5)11/h6,8,12H,2-4H2,1H3. The van der Waals surface area contributed by atoms with Gasteiger partial charge < -0.3 is 5.32 Å². The summed E-state index contributed by atoms with van der Waals surface area (Å²) in [5.74, 6) is 1.63. The van der Waals surface area contributed by atoms with E-state index in [1.54, 1.807) is 21.8 Å². The Bertz CT molecular complexity index is 358. The van der Waals surface area contributed by atoms with Crippen molar-refractivity contribution in [1.82, 2.24) is 5.32 Å². The van der Waals surface area contributed by atoms with Crippen LogP contribution in [0.15, 0.2) is 0 Å². The minimum atomic E-state index is 0.770. The molecule has 3 rings (SSSR count). The molecule has 1 aromatic rings. The Morgan fingerprint density at radius 2 is 2.31 bits per heavy atom. The predicted molar refractivity (Wildman–Crippen MR) is 56.9 cm³/mol. The molecule has 0 amide bonds. The lowest BCUT2D eigenvalue weighted by atomic mass is 10.0. The van der Waals surface area contributed by atoms with Gasteiger partial charge in [0, 0.05) is 17.3 Å². The van der Waals surface area contributed by atoms with Gasteiger partial charge in [-0.3, -0.25) is 0 Å². The van der Waals surface area contributed by atoms with Gasteiger partial charge in [0.05, 0.1) is 4.34 Å². The third-order valence-electron chi connectivity index (χ3n) is 3.39. The summed E-state index contributed by atoms with van der Waals surface area (Å²) in [7, 11) is 0. The lowest BCUT2D eigenvalue weighted by molar-refractivity contribution is 0.566. The van der Waals surface area contributed by atoms with E-state index in [0.717, 1.165) is 22.7 Å². The van der Waals surface area contributed by atoms with Crippen LogP contribution in [0.4, 0.5) is 0 Å². The molecule has 1 aliphatic carbocycles. The fraction of sp³-hybridized carbons (Fsp3) is 0.600. The first-order valence-corrected chi connectivity index (χ1v) is 5.95. The fourth-order valence-corrected chi connectivity index (χ4v) is 4.23. The first-order chi connectivity index (χ1) is 6.27. The maximum absolute atomic E-state index is 6.14. The summed E-state index contributed by atoms with van der Waals surface area (Å²) in [6.07, 6.45) is 1.25. The fourth-order valence-electron chi connectivity index (χ4n) is 2.61. The van der Waals surface area contributed by atoms with E-state index >= 15 is 0 Å². The van der Waals surface area contributed by atoms with Crippen molar-refractivity contribution in [2.24, 2.45) is 5.92 Å². The molecule has 2 aliphatic rings. The molecular formula is C10H12ClNS. The van der Waals surface area contributed by atoms with Gasteiger partial charge in [0.1, 0.15) is 0 Å². The Morgan fingerprint density at radius 1 is 1.46 bits per heavy atom. The molecule has 0 spiro atoms. The molecule has 2 heterocycles. The van der Waals surface area contributed by atoms with E-state index in [1.165, 1.54) is 18.5 Å². The van der Waals surface area contributed by atoms with E-state index in [9.17, 15) is 0 Å². The van der Waals surface area contributed by atoms with E-state index in [4.69, 9.17) is 11.6 Å². The molecule has 2 atom stereocenters. The Morgan fingerprint density at radius 3 is 3.15 bits per heavy atom. The van der Waals surface area contributed by atoms with Crippen LogP contribution in [0, 0.1) is 12.8 Å². The molecule has 1 saturated heterocycles. The van der Waals surface area contributed by atoms with Gasteiger partial charge in [0.25, 0.3) is 0 Å². The highest BCUT2D eigenvalue weighted by atomic mass is 35.5. The van der Waals surface area contributed by atoms with Crippen LogP contribution < -0.4 is 5.32 Å². The molecule has 0 radical (unpaired) electrons. The minimum Gasteiger partial charge on any atom is -0.316 e. The maximum Gasteiger partial charge on any atom is 0.0963 e. The summed E-state index contributed by atoms with van der Waals surface area (Å²) in [4.78, 5) is 1.57. The summed E-state index contributed by atoms with van der Waals surface area (Å²) in [6, 6.07) is 0. The van der Waals surface area contributed by atoms with Crippen molar-refractivity contribution in [2.45, 2.75) is 19.3 Å². The van der Waals surface area contributed by atoms with Crippen molar-refractivity contribution in [3.8, 4) is 0 Å². The molecule has 1 N–H and O–H groups in total. The monoisotopic (exact) mass is 213 g/mol. The summed E-state index contributed by atoms with van der Waals surface area (Å²) < 4.78 is 1.01. The van der Waals surface area contributed by atoms with Crippen LogP contribution in [0.25, 0.3) is 0 Å². The third-order valence-corrected chi connectivity index (χ3v) is 5.16. The van der Waals surface area contributed by atoms with E-state index in [2.05, 4.69) is 12.2 Å². The normalized spacial score (nSPS) is 30.6. The molecule has 3 heteroatoms. The SMILES string of the molecule is Cc1c(Cl)sc2c1CC1CNCC21. The lowest BCUT2D eigenvalue weighted by Gasteiger charge is -2.05. The molecule has 1 nitrogen and oxygen atoms in total. The van der Waals surface area contributed by atoms with Gasteiger partial charge >= 0.3 is 0 Å². The number of thiophene rings is 1. The first-order valence-electron chi connectivity index (χ1n) is 4.75. The molecule has 13 heavy (non-hydrogen) atoms. The van der Waals surface area contributed by atoms with Gasteiger partial charge in [0.15, 0.2) is 0 Å². The van der Waals surface area contributed by atoms with Crippen LogP contribution in [0.2, 0.25) is 4.34 Å². The van der Waals surface area contributed by atoms with Crippen molar-refractivity contribution >= 4 is 22.9 Å². The smallest absolute Gasteiger partial charge is 0.0963 e. The van der Waals surface area contributed by atoms with Crippen LogP contribution in [0.5, 0.6) is 0 Å². The zero-order valence-corrected chi connectivity index (χ0v) is 9.13. The van der Waals surface area contributed by atoms with Crippen LogP contribution in [0.3, 0.4) is 0 Å². The largest absolute Gasteiger partial charge is 0.316 e. The Labute approximate surface area is 87.1 Å². The van der Waals surface area contributed by atoms with Gasteiger partial charge in [0.2, 0.25) is 0 Å². The van der Waals surface area contributed by atoms with Crippen molar-refractivity contribution in [2.75, 3.05) is 13.1 Å². The Balaban J connectivity index is 2.11. The van der Waals surface area contributed by atoms with Gasteiger partial charge in [-0.25, -0.2) is 0 Å². The highest BCUT2D eigenvalue weighted by molar-refractivity contribution is 7.16. The second kappa shape index (κ2) is 2.72. The Kier molecular flexibility index (Phi) is 1.73. The molecule has 1 fully saturated rings. The quantitative estimate of drug-likeness (QED) is 0.699. The average molecular weight is 214 g/mol. The Hall–Kier alpha value is -0.0500. The molecule has 0 aromatic carbocycles. The van der Waals surface area contributed by atoms with Gasteiger partial charge in [-0.2, -0.15) is 0 Å².